The molecule has 0 aliphatic rings. The number of rotatable bonds is 24. The van der Waals surface area contributed by atoms with E-state index in [0.29, 0.717) is 19.6 Å². The zero-order chi connectivity index (χ0) is 23.0. The van der Waals surface area contributed by atoms with Crippen LogP contribution in [0.4, 0.5) is 0 Å². The average molecular weight is 442 g/mol. The lowest BCUT2D eigenvalue weighted by Gasteiger charge is -2.24. The lowest BCUT2D eigenvalue weighted by molar-refractivity contribution is -0.144. The van der Waals surface area contributed by atoms with E-state index in [1.54, 1.807) is 0 Å². The van der Waals surface area contributed by atoms with Crippen molar-refractivity contribution in [1.29, 1.82) is 0 Å². The van der Waals surface area contributed by atoms with Crippen molar-refractivity contribution in [2.75, 3.05) is 52.9 Å². The number of esters is 1. The van der Waals surface area contributed by atoms with Crippen molar-refractivity contribution in [3.05, 3.63) is 0 Å². The number of nitrogens with one attached hydrogen (secondary N) is 1. The molecule has 0 unspecified atom stereocenters. The van der Waals surface area contributed by atoms with Gasteiger partial charge in [-0.05, 0) is 52.4 Å². The Hall–Kier alpha value is -1.14. The number of hydrogen-bond donors (Lipinski definition) is 1. The number of unbranched alkanes of at least 4 members (excludes halogenated alkanes) is 8. The van der Waals surface area contributed by atoms with E-state index in [9.17, 15) is 9.59 Å². The molecular formula is C25H51N3O3. The molecule has 6 nitrogen and oxygen atoms in total. The number of nitrogens with zero attached hydrogens (tertiary/aromatic N) is 2. The van der Waals surface area contributed by atoms with E-state index in [4.69, 9.17) is 4.74 Å². The van der Waals surface area contributed by atoms with Gasteiger partial charge in [-0.3, -0.25) is 9.59 Å². The molecule has 184 valence electrons. The first-order valence-corrected chi connectivity index (χ1v) is 12.9. The highest BCUT2D eigenvalue weighted by Crippen LogP contribution is 2.08. The zero-order valence-electron chi connectivity index (χ0n) is 20.8. The Morgan fingerprint density at radius 3 is 2.10 bits per heavy atom. The highest BCUT2D eigenvalue weighted by molar-refractivity contribution is 5.69. The molecule has 6 heteroatoms. The Morgan fingerprint density at radius 1 is 0.774 bits per heavy atom. The largest absolute Gasteiger partial charge is 0.466 e. The van der Waals surface area contributed by atoms with Crippen LogP contribution in [-0.2, 0) is 14.3 Å². The van der Waals surface area contributed by atoms with Gasteiger partial charge in [0, 0.05) is 26.1 Å². The van der Waals surface area contributed by atoms with E-state index in [2.05, 4.69) is 36.0 Å². The molecule has 0 fully saturated rings. The number of likely N-dealkylation sites (N-methyl/N-ethyl adjacent to an activating group) is 1. The van der Waals surface area contributed by atoms with Crippen LogP contribution < -0.4 is 5.32 Å². The highest BCUT2D eigenvalue weighted by Gasteiger charge is 2.08. The summed E-state index contributed by atoms with van der Waals surface area (Å²) >= 11 is 0. The molecule has 0 aromatic rings. The SMILES string of the molecule is CCCCCCCCCN(CCCOC(=O)CCCCC)CCCN(C)CCNC=O. The molecule has 0 spiro atoms. The minimum atomic E-state index is -0.0439. The summed E-state index contributed by atoms with van der Waals surface area (Å²) in [4.78, 5) is 26.9. The van der Waals surface area contributed by atoms with Crippen LogP contribution in [0.15, 0.2) is 0 Å². The Morgan fingerprint density at radius 2 is 1.39 bits per heavy atom. The summed E-state index contributed by atoms with van der Waals surface area (Å²) in [6.07, 6.45) is 15.8. The number of carbonyl (C=O) groups is 2. The van der Waals surface area contributed by atoms with E-state index < -0.39 is 0 Å². The van der Waals surface area contributed by atoms with Crippen LogP contribution in [0.25, 0.3) is 0 Å². The monoisotopic (exact) mass is 441 g/mol. The number of carbonyl (C=O) groups excluding carboxylic acids is 2. The summed E-state index contributed by atoms with van der Waals surface area (Å²) in [5, 5.41) is 2.72. The second-order valence-corrected chi connectivity index (χ2v) is 8.72. The molecule has 0 saturated heterocycles. The Bertz CT molecular complexity index is 407. The number of hydrogen-bond acceptors (Lipinski definition) is 5. The minimum Gasteiger partial charge on any atom is -0.466 e. The first kappa shape index (κ1) is 29.9. The van der Waals surface area contributed by atoms with Crippen LogP contribution in [-0.4, -0.2) is 75.1 Å². The first-order chi connectivity index (χ1) is 15.1. The van der Waals surface area contributed by atoms with E-state index in [1.807, 2.05) is 0 Å². The van der Waals surface area contributed by atoms with Gasteiger partial charge in [-0.1, -0.05) is 65.2 Å². The third kappa shape index (κ3) is 21.9. The molecule has 0 atom stereocenters. The molecule has 0 saturated carbocycles. The van der Waals surface area contributed by atoms with E-state index >= 15 is 0 Å². The molecule has 0 bridgehead atoms. The fourth-order valence-corrected chi connectivity index (χ4v) is 3.68. The molecule has 0 radical (unpaired) electrons. The second-order valence-electron chi connectivity index (χ2n) is 8.72. The normalized spacial score (nSPS) is 11.3. The fourth-order valence-electron chi connectivity index (χ4n) is 3.68. The maximum Gasteiger partial charge on any atom is 0.305 e. The maximum absolute atomic E-state index is 11.8. The topological polar surface area (TPSA) is 61.9 Å². The number of amides is 1. The lowest BCUT2D eigenvalue weighted by atomic mass is 10.1. The summed E-state index contributed by atoms with van der Waals surface area (Å²) in [6.45, 7) is 10.8. The van der Waals surface area contributed by atoms with E-state index in [0.717, 1.165) is 71.2 Å². The van der Waals surface area contributed by atoms with Gasteiger partial charge in [0.05, 0.1) is 6.61 Å². The fraction of sp³-hybridized carbons (Fsp3) is 0.920. The van der Waals surface area contributed by atoms with E-state index in [-0.39, 0.29) is 5.97 Å². The van der Waals surface area contributed by atoms with Gasteiger partial charge >= 0.3 is 5.97 Å². The summed E-state index contributed by atoms with van der Waals surface area (Å²) in [5.74, 6) is -0.0439. The third-order valence-corrected chi connectivity index (χ3v) is 5.68. The number of ether oxygens (including phenoxy) is 1. The minimum absolute atomic E-state index is 0.0439. The average Bonchev–Trinajstić information content (AvgIpc) is 2.76. The Balaban J connectivity index is 4.09. The van der Waals surface area contributed by atoms with Gasteiger partial charge in [-0.15, -0.1) is 0 Å². The molecule has 1 N–H and O–H groups in total. The standard InChI is InChI=1S/C25H51N3O3/c1-4-6-8-9-10-11-13-19-28(20-14-18-27(3)22-17-26-24-29)21-15-23-31-25(30)16-12-7-5-2/h24H,4-23H2,1-3H3,(H,26,29). The predicted octanol–water partition coefficient (Wildman–Crippen LogP) is 4.62. The van der Waals surface area contributed by atoms with Crippen molar-refractivity contribution < 1.29 is 14.3 Å². The van der Waals surface area contributed by atoms with Crippen molar-refractivity contribution in [3.63, 3.8) is 0 Å². The van der Waals surface area contributed by atoms with Crippen molar-refractivity contribution in [2.45, 2.75) is 97.3 Å². The van der Waals surface area contributed by atoms with Crippen LogP contribution in [0.5, 0.6) is 0 Å². The zero-order valence-corrected chi connectivity index (χ0v) is 20.8. The van der Waals surface area contributed by atoms with Crippen molar-refractivity contribution in [3.8, 4) is 0 Å². The van der Waals surface area contributed by atoms with Gasteiger partial charge in [-0.2, -0.15) is 0 Å². The summed E-state index contributed by atoms with van der Waals surface area (Å²) in [7, 11) is 2.10. The van der Waals surface area contributed by atoms with Crippen LogP contribution in [0.1, 0.15) is 97.3 Å². The maximum atomic E-state index is 11.8. The summed E-state index contributed by atoms with van der Waals surface area (Å²) in [6, 6.07) is 0. The summed E-state index contributed by atoms with van der Waals surface area (Å²) < 4.78 is 5.41. The van der Waals surface area contributed by atoms with Gasteiger partial charge in [0.25, 0.3) is 0 Å². The summed E-state index contributed by atoms with van der Waals surface area (Å²) in [5.41, 5.74) is 0. The van der Waals surface area contributed by atoms with Gasteiger partial charge in [-0.25, -0.2) is 0 Å². The van der Waals surface area contributed by atoms with Crippen molar-refractivity contribution in [1.82, 2.24) is 15.1 Å². The molecule has 0 aromatic heterocycles. The molecular weight excluding hydrogens is 390 g/mol. The highest BCUT2D eigenvalue weighted by atomic mass is 16.5. The first-order valence-electron chi connectivity index (χ1n) is 12.9. The predicted molar refractivity (Wildman–Crippen MR) is 130 cm³/mol. The molecule has 0 aromatic carbocycles. The van der Waals surface area contributed by atoms with Crippen LogP contribution in [0.3, 0.4) is 0 Å². The van der Waals surface area contributed by atoms with Gasteiger partial charge in [0.1, 0.15) is 0 Å². The molecule has 1 amide bonds. The third-order valence-electron chi connectivity index (χ3n) is 5.68. The molecule has 31 heavy (non-hydrogen) atoms. The molecule has 0 aliphatic heterocycles. The molecule has 0 heterocycles. The lowest BCUT2D eigenvalue weighted by Crippen LogP contribution is -2.33. The Labute approximate surface area is 192 Å². The quantitative estimate of drug-likeness (QED) is 0.135. The van der Waals surface area contributed by atoms with Gasteiger partial charge in [0.2, 0.25) is 6.41 Å². The van der Waals surface area contributed by atoms with Crippen LogP contribution in [0.2, 0.25) is 0 Å². The molecule has 0 aliphatic carbocycles. The van der Waals surface area contributed by atoms with Gasteiger partial charge < -0.3 is 19.9 Å². The van der Waals surface area contributed by atoms with Crippen LogP contribution >= 0.6 is 0 Å². The van der Waals surface area contributed by atoms with Gasteiger partial charge in [0.15, 0.2) is 0 Å². The Kier molecular flexibility index (Phi) is 22.7. The van der Waals surface area contributed by atoms with Crippen LogP contribution in [0, 0.1) is 0 Å². The van der Waals surface area contributed by atoms with E-state index in [1.165, 1.54) is 44.9 Å². The molecule has 0 rings (SSSR count). The van der Waals surface area contributed by atoms with Crippen molar-refractivity contribution in [2.24, 2.45) is 0 Å². The van der Waals surface area contributed by atoms with Crippen molar-refractivity contribution >= 4 is 12.4 Å². The second kappa shape index (κ2) is 23.5. The smallest absolute Gasteiger partial charge is 0.305 e.